The Labute approximate surface area is 154 Å². The quantitative estimate of drug-likeness (QED) is 0.774. The van der Waals surface area contributed by atoms with Gasteiger partial charge in [0.05, 0.1) is 18.6 Å². The summed E-state index contributed by atoms with van der Waals surface area (Å²) >= 11 is 6.39. The number of hydrogen-bond acceptors (Lipinski definition) is 4. The Morgan fingerprint density at radius 1 is 1.40 bits per heavy atom. The summed E-state index contributed by atoms with van der Waals surface area (Å²) in [6.07, 6.45) is 2.95. The van der Waals surface area contributed by atoms with E-state index in [0.29, 0.717) is 31.1 Å². The molecule has 0 bridgehead atoms. The third-order valence-electron chi connectivity index (χ3n) is 5.08. The van der Waals surface area contributed by atoms with Gasteiger partial charge in [0.2, 0.25) is 5.91 Å². The number of nitrogens with zero attached hydrogens (tertiary/aromatic N) is 1. The fourth-order valence-corrected chi connectivity index (χ4v) is 3.57. The molecule has 2 aliphatic rings. The summed E-state index contributed by atoms with van der Waals surface area (Å²) in [6.45, 7) is 2.48. The molecule has 0 aromatic heterocycles. The maximum Gasteiger partial charge on any atom is 0.230 e. The van der Waals surface area contributed by atoms with Crippen LogP contribution in [0.5, 0.6) is 0 Å². The van der Waals surface area contributed by atoms with Crippen molar-refractivity contribution in [3.63, 3.8) is 0 Å². The number of ether oxygens (including phenoxy) is 1. The number of aliphatic hydroxyl groups is 1. The second kappa shape index (κ2) is 8.49. The number of hydrogen-bond donors (Lipinski definition) is 2. The van der Waals surface area contributed by atoms with Gasteiger partial charge < -0.3 is 20.1 Å². The highest BCUT2D eigenvalue weighted by Gasteiger charge is 2.39. The van der Waals surface area contributed by atoms with Crippen molar-refractivity contribution in [2.45, 2.75) is 44.4 Å². The van der Waals surface area contributed by atoms with E-state index in [2.05, 4.69) is 11.4 Å². The second-order valence-corrected chi connectivity index (χ2v) is 7.44. The van der Waals surface area contributed by atoms with Gasteiger partial charge >= 0.3 is 0 Å². The number of methoxy groups -OCH3 is 1. The highest BCUT2D eigenvalue weighted by molar-refractivity contribution is 6.31. The van der Waals surface area contributed by atoms with Crippen LogP contribution >= 0.6 is 11.6 Å². The number of carbonyl (C=O) groups is 1. The molecule has 0 spiro atoms. The van der Waals surface area contributed by atoms with Crippen molar-refractivity contribution in [2.75, 3.05) is 26.8 Å². The van der Waals surface area contributed by atoms with E-state index in [9.17, 15) is 9.90 Å². The molecule has 2 atom stereocenters. The van der Waals surface area contributed by atoms with Crippen molar-refractivity contribution in [3.05, 3.63) is 34.3 Å². The average molecular weight is 367 g/mol. The van der Waals surface area contributed by atoms with E-state index < -0.39 is 6.10 Å². The molecule has 5 nitrogen and oxygen atoms in total. The SMILES string of the molecule is COCCc1ccc(Cl)c(CN(C(=O)C2CNCCC2O)C2CC2)c1. The van der Waals surface area contributed by atoms with Crippen molar-refractivity contribution in [1.82, 2.24) is 10.2 Å². The van der Waals surface area contributed by atoms with Gasteiger partial charge in [-0.05, 0) is 49.4 Å². The molecular formula is C19H27ClN2O3. The van der Waals surface area contributed by atoms with Crippen molar-refractivity contribution < 1.29 is 14.6 Å². The molecule has 1 aromatic rings. The van der Waals surface area contributed by atoms with Crippen LogP contribution in [0.15, 0.2) is 18.2 Å². The number of rotatable bonds is 7. The molecule has 1 aliphatic heterocycles. The topological polar surface area (TPSA) is 61.8 Å². The van der Waals surface area contributed by atoms with Crippen LogP contribution in [0.4, 0.5) is 0 Å². The molecule has 3 rings (SSSR count). The Morgan fingerprint density at radius 3 is 2.88 bits per heavy atom. The summed E-state index contributed by atoms with van der Waals surface area (Å²) in [4.78, 5) is 14.9. The molecule has 1 saturated carbocycles. The Balaban J connectivity index is 1.74. The van der Waals surface area contributed by atoms with Crippen LogP contribution in [0.2, 0.25) is 5.02 Å². The van der Waals surface area contributed by atoms with Crippen LogP contribution < -0.4 is 5.32 Å². The average Bonchev–Trinajstić information content (AvgIpc) is 3.44. The Bertz CT molecular complexity index is 606. The molecule has 1 aliphatic carbocycles. The number of benzene rings is 1. The van der Waals surface area contributed by atoms with Gasteiger partial charge in [0.1, 0.15) is 0 Å². The number of aliphatic hydroxyl groups excluding tert-OH is 1. The first-order valence-electron chi connectivity index (χ1n) is 9.05. The van der Waals surface area contributed by atoms with Crippen LogP contribution in [-0.2, 0) is 22.5 Å². The lowest BCUT2D eigenvalue weighted by atomic mass is 9.94. The first-order valence-corrected chi connectivity index (χ1v) is 9.43. The minimum atomic E-state index is -0.557. The number of piperidine rings is 1. The van der Waals surface area contributed by atoms with Crippen LogP contribution in [-0.4, -0.2) is 54.9 Å². The number of carbonyl (C=O) groups excluding carboxylic acids is 1. The Kier molecular flexibility index (Phi) is 6.34. The molecule has 2 fully saturated rings. The lowest BCUT2D eigenvalue weighted by molar-refractivity contribution is -0.141. The predicted molar refractivity (Wildman–Crippen MR) is 97.6 cm³/mol. The first kappa shape index (κ1) is 18.6. The van der Waals surface area contributed by atoms with Gasteiger partial charge in [-0.15, -0.1) is 0 Å². The van der Waals surface area contributed by atoms with E-state index in [0.717, 1.165) is 36.9 Å². The molecule has 138 valence electrons. The smallest absolute Gasteiger partial charge is 0.230 e. The highest BCUT2D eigenvalue weighted by Crippen LogP contribution is 2.32. The largest absolute Gasteiger partial charge is 0.392 e. The number of amides is 1. The molecule has 0 radical (unpaired) electrons. The predicted octanol–water partition coefficient (Wildman–Crippen LogP) is 1.99. The fraction of sp³-hybridized carbons (Fsp3) is 0.632. The zero-order valence-electron chi connectivity index (χ0n) is 14.7. The molecule has 1 heterocycles. The monoisotopic (exact) mass is 366 g/mol. The molecular weight excluding hydrogens is 340 g/mol. The molecule has 2 N–H and O–H groups in total. The number of halogens is 1. The molecule has 2 unspecified atom stereocenters. The Hall–Kier alpha value is -1.14. The normalized spacial score (nSPS) is 23.5. The summed E-state index contributed by atoms with van der Waals surface area (Å²) in [5.41, 5.74) is 2.12. The third kappa shape index (κ3) is 4.73. The molecule has 1 aromatic carbocycles. The van der Waals surface area contributed by atoms with Gasteiger partial charge in [-0.2, -0.15) is 0 Å². The van der Waals surface area contributed by atoms with Gasteiger partial charge in [0.15, 0.2) is 0 Å². The van der Waals surface area contributed by atoms with E-state index >= 15 is 0 Å². The van der Waals surface area contributed by atoms with Gasteiger partial charge in [-0.25, -0.2) is 0 Å². The molecule has 25 heavy (non-hydrogen) atoms. The van der Waals surface area contributed by atoms with Crippen LogP contribution in [0.3, 0.4) is 0 Å². The van der Waals surface area contributed by atoms with Crippen molar-refractivity contribution in [1.29, 1.82) is 0 Å². The molecule has 1 amide bonds. The summed E-state index contributed by atoms with van der Waals surface area (Å²) in [6, 6.07) is 6.25. The summed E-state index contributed by atoms with van der Waals surface area (Å²) in [5, 5.41) is 14.1. The third-order valence-corrected chi connectivity index (χ3v) is 5.45. The zero-order chi connectivity index (χ0) is 17.8. The standard InChI is InChI=1S/C19H27ClN2O3/c1-25-9-7-13-2-5-17(20)14(10-13)12-22(15-3-4-15)19(24)16-11-21-8-6-18(16)23/h2,5,10,15-16,18,21,23H,3-4,6-9,11-12H2,1H3. The zero-order valence-corrected chi connectivity index (χ0v) is 15.5. The van der Waals surface area contributed by atoms with Gasteiger partial charge in [-0.3, -0.25) is 4.79 Å². The van der Waals surface area contributed by atoms with Gasteiger partial charge in [-0.1, -0.05) is 23.7 Å². The summed E-state index contributed by atoms with van der Waals surface area (Å²) in [7, 11) is 1.69. The number of nitrogens with one attached hydrogen (secondary N) is 1. The minimum absolute atomic E-state index is 0.0422. The van der Waals surface area contributed by atoms with Crippen LogP contribution in [0, 0.1) is 5.92 Å². The van der Waals surface area contributed by atoms with Gasteiger partial charge in [0.25, 0.3) is 0 Å². The van der Waals surface area contributed by atoms with E-state index in [1.54, 1.807) is 7.11 Å². The minimum Gasteiger partial charge on any atom is -0.392 e. The highest BCUT2D eigenvalue weighted by atomic mass is 35.5. The van der Waals surface area contributed by atoms with E-state index in [-0.39, 0.29) is 17.9 Å². The van der Waals surface area contributed by atoms with Gasteiger partial charge in [0, 0.05) is 31.3 Å². The molecule has 1 saturated heterocycles. The lowest BCUT2D eigenvalue weighted by Crippen LogP contribution is -2.50. The maximum absolute atomic E-state index is 13.0. The van der Waals surface area contributed by atoms with E-state index in [4.69, 9.17) is 16.3 Å². The Morgan fingerprint density at radius 2 is 2.20 bits per heavy atom. The summed E-state index contributed by atoms with van der Waals surface area (Å²) < 4.78 is 5.14. The van der Waals surface area contributed by atoms with Crippen molar-refractivity contribution >= 4 is 17.5 Å². The summed E-state index contributed by atoms with van der Waals surface area (Å²) in [5.74, 6) is -0.314. The first-order chi connectivity index (χ1) is 12.1. The second-order valence-electron chi connectivity index (χ2n) is 7.03. The van der Waals surface area contributed by atoms with E-state index in [1.165, 1.54) is 0 Å². The van der Waals surface area contributed by atoms with Crippen molar-refractivity contribution in [3.8, 4) is 0 Å². The fourth-order valence-electron chi connectivity index (χ4n) is 3.39. The van der Waals surface area contributed by atoms with Crippen LogP contribution in [0.1, 0.15) is 30.4 Å². The lowest BCUT2D eigenvalue weighted by Gasteiger charge is -2.33. The van der Waals surface area contributed by atoms with Crippen molar-refractivity contribution in [2.24, 2.45) is 5.92 Å². The van der Waals surface area contributed by atoms with Crippen LogP contribution in [0.25, 0.3) is 0 Å². The maximum atomic E-state index is 13.0. The molecule has 6 heteroatoms. The van der Waals surface area contributed by atoms with E-state index in [1.807, 2.05) is 17.0 Å².